The Labute approximate surface area is 119 Å². The first-order valence-corrected chi connectivity index (χ1v) is 6.67. The van der Waals surface area contributed by atoms with Crippen molar-refractivity contribution >= 4 is 17.2 Å². The summed E-state index contributed by atoms with van der Waals surface area (Å²) in [6, 6.07) is 5.05. The average Bonchev–Trinajstić information content (AvgIpc) is 2.35. The van der Waals surface area contributed by atoms with Crippen LogP contribution in [0.15, 0.2) is 18.2 Å². The number of hydrogen-bond donors (Lipinski definition) is 1. The maximum absolute atomic E-state index is 13.8. The first kappa shape index (κ1) is 16.0. The number of benzene rings is 1. The molecular weight excluding hydrogens is 263 g/mol. The lowest BCUT2D eigenvalue weighted by Gasteiger charge is -2.26. The van der Waals surface area contributed by atoms with Crippen molar-refractivity contribution in [1.29, 1.82) is 0 Å². The SMILES string of the molecule is COCCN(Cc1cc(C(N)=S)ccc1F)C(C)C. The Kier molecular flexibility index (Phi) is 6.34. The number of rotatable bonds is 7. The molecule has 0 bridgehead atoms. The molecule has 5 heteroatoms. The summed E-state index contributed by atoms with van der Waals surface area (Å²) in [6.45, 7) is 6.04. The van der Waals surface area contributed by atoms with Gasteiger partial charge in [0.15, 0.2) is 0 Å². The summed E-state index contributed by atoms with van der Waals surface area (Å²) < 4.78 is 18.9. The predicted molar refractivity (Wildman–Crippen MR) is 79.7 cm³/mol. The van der Waals surface area contributed by atoms with Gasteiger partial charge in [-0.05, 0) is 32.0 Å². The highest BCUT2D eigenvalue weighted by molar-refractivity contribution is 7.80. The van der Waals surface area contributed by atoms with Gasteiger partial charge in [-0.15, -0.1) is 0 Å². The van der Waals surface area contributed by atoms with Crippen LogP contribution in [0.4, 0.5) is 4.39 Å². The van der Waals surface area contributed by atoms with Crippen LogP contribution < -0.4 is 5.73 Å². The molecule has 0 aliphatic heterocycles. The lowest BCUT2D eigenvalue weighted by Crippen LogP contribution is -2.33. The molecule has 0 heterocycles. The lowest BCUT2D eigenvalue weighted by molar-refractivity contribution is 0.124. The molecule has 0 atom stereocenters. The Morgan fingerprint density at radius 2 is 2.16 bits per heavy atom. The van der Waals surface area contributed by atoms with Gasteiger partial charge < -0.3 is 10.5 Å². The first-order chi connectivity index (χ1) is 8.95. The highest BCUT2D eigenvalue weighted by Crippen LogP contribution is 2.15. The van der Waals surface area contributed by atoms with Crippen LogP contribution in [0, 0.1) is 5.82 Å². The molecule has 19 heavy (non-hydrogen) atoms. The van der Waals surface area contributed by atoms with Gasteiger partial charge in [-0.1, -0.05) is 12.2 Å². The molecule has 1 aromatic rings. The van der Waals surface area contributed by atoms with E-state index in [1.165, 1.54) is 6.07 Å². The number of nitrogens with zero attached hydrogens (tertiary/aromatic N) is 1. The number of methoxy groups -OCH3 is 1. The maximum atomic E-state index is 13.8. The third-order valence-electron chi connectivity index (χ3n) is 3.02. The number of hydrogen-bond acceptors (Lipinski definition) is 3. The zero-order valence-electron chi connectivity index (χ0n) is 11.6. The monoisotopic (exact) mass is 284 g/mol. The summed E-state index contributed by atoms with van der Waals surface area (Å²) in [5.41, 5.74) is 6.88. The number of halogens is 1. The molecule has 0 aromatic heterocycles. The molecule has 0 amide bonds. The first-order valence-electron chi connectivity index (χ1n) is 6.27. The average molecular weight is 284 g/mol. The standard InChI is InChI=1S/C14H21FN2OS/c1-10(2)17(6-7-18-3)9-12-8-11(14(16)19)4-5-13(12)15/h4-5,8,10H,6-7,9H2,1-3H3,(H2,16,19). The second-order valence-corrected chi connectivity index (χ2v) is 5.17. The van der Waals surface area contributed by atoms with Crippen molar-refractivity contribution < 1.29 is 9.13 Å². The largest absolute Gasteiger partial charge is 0.389 e. The van der Waals surface area contributed by atoms with E-state index in [2.05, 4.69) is 18.7 Å². The highest BCUT2D eigenvalue weighted by atomic mass is 32.1. The van der Waals surface area contributed by atoms with Crippen LogP contribution >= 0.6 is 12.2 Å². The zero-order chi connectivity index (χ0) is 14.4. The Morgan fingerprint density at radius 1 is 1.47 bits per heavy atom. The predicted octanol–water partition coefficient (Wildman–Crippen LogP) is 2.32. The molecule has 0 aliphatic carbocycles. The van der Waals surface area contributed by atoms with E-state index in [0.717, 1.165) is 6.54 Å². The topological polar surface area (TPSA) is 38.5 Å². The van der Waals surface area contributed by atoms with E-state index in [9.17, 15) is 4.39 Å². The third-order valence-corrected chi connectivity index (χ3v) is 3.25. The molecule has 0 saturated carbocycles. The van der Waals surface area contributed by atoms with Gasteiger partial charge in [-0.25, -0.2) is 4.39 Å². The van der Waals surface area contributed by atoms with Gasteiger partial charge in [0.1, 0.15) is 10.8 Å². The van der Waals surface area contributed by atoms with Crippen molar-refractivity contribution in [1.82, 2.24) is 4.90 Å². The molecule has 0 spiro atoms. The fourth-order valence-electron chi connectivity index (χ4n) is 1.80. The lowest BCUT2D eigenvalue weighted by atomic mass is 10.1. The summed E-state index contributed by atoms with van der Waals surface area (Å²) in [5, 5.41) is 0. The van der Waals surface area contributed by atoms with E-state index in [4.69, 9.17) is 22.7 Å². The van der Waals surface area contributed by atoms with Gasteiger partial charge >= 0.3 is 0 Å². The van der Waals surface area contributed by atoms with E-state index < -0.39 is 0 Å². The number of thiocarbonyl (C=S) groups is 1. The minimum atomic E-state index is -0.233. The van der Waals surface area contributed by atoms with Crippen LogP contribution in [0.2, 0.25) is 0 Å². The van der Waals surface area contributed by atoms with Crippen LogP contribution in [0.25, 0.3) is 0 Å². The molecule has 1 aromatic carbocycles. The van der Waals surface area contributed by atoms with Crippen molar-refractivity contribution in [2.24, 2.45) is 5.73 Å². The molecule has 106 valence electrons. The summed E-state index contributed by atoms with van der Waals surface area (Å²) in [5.74, 6) is -0.233. The zero-order valence-corrected chi connectivity index (χ0v) is 12.5. The van der Waals surface area contributed by atoms with Crippen LogP contribution in [0.1, 0.15) is 25.0 Å². The number of nitrogens with two attached hydrogens (primary N) is 1. The van der Waals surface area contributed by atoms with E-state index in [-0.39, 0.29) is 10.8 Å². The van der Waals surface area contributed by atoms with Crippen LogP contribution in [-0.2, 0) is 11.3 Å². The van der Waals surface area contributed by atoms with Crippen molar-refractivity contribution in [2.75, 3.05) is 20.3 Å². The molecule has 0 saturated heterocycles. The fourth-order valence-corrected chi connectivity index (χ4v) is 1.92. The minimum absolute atomic E-state index is 0.233. The third kappa shape index (κ3) is 4.86. The van der Waals surface area contributed by atoms with Crippen LogP contribution in [0.3, 0.4) is 0 Å². The molecule has 1 rings (SSSR count). The summed E-state index contributed by atoms with van der Waals surface area (Å²) in [4.78, 5) is 2.43. The number of ether oxygens (including phenoxy) is 1. The highest BCUT2D eigenvalue weighted by Gasteiger charge is 2.13. The van der Waals surface area contributed by atoms with Gasteiger partial charge in [-0.3, -0.25) is 4.90 Å². The quantitative estimate of drug-likeness (QED) is 0.780. The van der Waals surface area contributed by atoms with Crippen LogP contribution in [0.5, 0.6) is 0 Å². The van der Waals surface area contributed by atoms with E-state index >= 15 is 0 Å². The molecule has 2 N–H and O–H groups in total. The van der Waals surface area contributed by atoms with Gasteiger partial charge in [-0.2, -0.15) is 0 Å². The molecular formula is C14H21FN2OS. The molecule has 0 unspecified atom stereocenters. The summed E-state index contributed by atoms with van der Waals surface area (Å²) in [7, 11) is 1.66. The summed E-state index contributed by atoms with van der Waals surface area (Å²) in [6.07, 6.45) is 0. The second kappa shape index (κ2) is 7.53. The van der Waals surface area contributed by atoms with Gasteiger partial charge in [0.05, 0.1) is 6.61 Å². The summed E-state index contributed by atoms with van der Waals surface area (Å²) >= 11 is 4.92. The van der Waals surface area contributed by atoms with Crippen molar-refractivity contribution in [3.63, 3.8) is 0 Å². The smallest absolute Gasteiger partial charge is 0.127 e. The van der Waals surface area contributed by atoms with E-state index in [0.29, 0.717) is 30.3 Å². The van der Waals surface area contributed by atoms with E-state index in [1.807, 2.05) is 0 Å². The van der Waals surface area contributed by atoms with Crippen molar-refractivity contribution in [3.05, 3.63) is 35.1 Å². The normalized spacial score (nSPS) is 11.3. The molecule has 0 aliphatic rings. The second-order valence-electron chi connectivity index (χ2n) is 4.73. The van der Waals surface area contributed by atoms with Crippen molar-refractivity contribution in [2.45, 2.75) is 26.4 Å². The fraction of sp³-hybridized carbons (Fsp3) is 0.500. The van der Waals surface area contributed by atoms with Gasteiger partial charge in [0.2, 0.25) is 0 Å². The molecule has 0 fully saturated rings. The van der Waals surface area contributed by atoms with Crippen molar-refractivity contribution in [3.8, 4) is 0 Å². The molecule has 0 radical (unpaired) electrons. The van der Waals surface area contributed by atoms with Gasteiger partial charge in [0.25, 0.3) is 0 Å². The Hall–Kier alpha value is -1.04. The Balaban J connectivity index is 2.88. The van der Waals surface area contributed by atoms with Gasteiger partial charge in [0, 0.05) is 37.4 Å². The van der Waals surface area contributed by atoms with Crippen LogP contribution in [-0.4, -0.2) is 36.2 Å². The maximum Gasteiger partial charge on any atom is 0.127 e. The Morgan fingerprint density at radius 3 is 2.68 bits per heavy atom. The minimum Gasteiger partial charge on any atom is -0.389 e. The van der Waals surface area contributed by atoms with E-state index in [1.54, 1.807) is 19.2 Å². The Bertz CT molecular complexity index is 437. The molecule has 3 nitrogen and oxygen atoms in total.